The van der Waals surface area contributed by atoms with Crippen LogP contribution in [0.3, 0.4) is 0 Å². The van der Waals surface area contributed by atoms with Gasteiger partial charge in [-0.1, -0.05) is 16.4 Å². The van der Waals surface area contributed by atoms with Gasteiger partial charge in [0, 0.05) is 12.3 Å². The first-order valence-corrected chi connectivity index (χ1v) is 4.59. The van der Waals surface area contributed by atoms with Gasteiger partial charge in [-0.05, 0) is 12.1 Å². The topological polar surface area (TPSA) is 77.8 Å². The average molecular weight is 214 g/mol. The highest BCUT2D eigenvalue weighted by atomic mass is 16.5. The molecule has 3 aromatic rings. The molecule has 6 heteroatoms. The Bertz CT molecular complexity index is 574. The molecule has 16 heavy (non-hydrogen) atoms. The van der Waals surface area contributed by atoms with Gasteiger partial charge in [0.15, 0.2) is 5.69 Å². The zero-order valence-corrected chi connectivity index (χ0v) is 8.07. The van der Waals surface area contributed by atoms with Gasteiger partial charge in [-0.3, -0.25) is 4.98 Å². The van der Waals surface area contributed by atoms with Gasteiger partial charge < -0.3 is 9.05 Å². The fraction of sp³-hybridized carbons (Fsp3) is 0. The van der Waals surface area contributed by atoms with Crippen molar-refractivity contribution in [1.29, 1.82) is 0 Å². The van der Waals surface area contributed by atoms with Crippen molar-refractivity contribution in [2.45, 2.75) is 0 Å². The van der Waals surface area contributed by atoms with E-state index in [1.54, 1.807) is 18.3 Å². The third-order valence-electron chi connectivity index (χ3n) is 1.98. The second-order valence-electron chi connectivity index (χ2n) is 3.02. The summed E-state index contributed by atoms with van der Waals surface area (Å²) in [5.41, 5.74) is 1.16. The van der Waals surface area contributed by atoms with Crippen LogP contribution in [-0.4, -0.2) is 20.3 Å². The van der Waals surface area contributed by atoms with E-state index in [4.69, 9.17) is 9.05 Å². The molecule has 3 heterocycles. The average Bonchev–Trinajstić information content (AvgIpc) is 3.01. The molecule has 0 atom stereocenters. The number of rotatable bonds is 2. The minimum absolute atomic E-state index is 0.314. The zero-order chi connectivity index (χ0) is 10.8. The third-order valence-corrected chi connectivity index (χ3v) is 1.98. The molecule has 0 spiro atoms. The van der Waals surface area contributed by atoms with Gasteiger partial charge in [-0.25, -0.2) is 0 Å². The summed E-state index contributed by atoms with van der Waals surface area (Å²) in [5.74, 6) is 0.744. The summed E-state index contributed by atoms with van der Waals surface area (Å²) in [6, 6.07) is 7.13. The van der Waals surface area contributed by atoms with Crippen LogP contribution in [-0.2, 0) is 0 Å². The van der Waals surface area contributed by atoms with Crippen LogP contribution in [0.25, 0.3) is 23.1 Å². The van der Waals surface area contributed by atoms with Gasteiger partial charge in [-0.15, -0.1) is 0 Å². The second kappa shape index (κ2) is 3.58. The van der Waals surface area contributed by atoms with E-state index in [0.717, 1.165) is 0 Å². The molecule has 0 aliphatic rings. The van der Waals surface area contributed by atoms with Crippen molar-refractivity contribution < 1.29 is 9.05 Å². The Kier molecular flexibility index (Phi) is 1.96. The predicted molar refractivity (Wildman–Crippen MR) is 53.0 cm³/mol. The van der Waals surface area contributed by atoms with E-state index in [0.29, 0.717) is 23.1 Å². The Morgan fingerprint density at radius 3 is 2.75 bits per heavy atom. The van der Waals surface area contributed by atoms with Gasteiger partial charge in [-0.2, -0.15) is 4.98 Å². The van der Waals surface area contributed by atoms with Crippen molar-refractivity contribution in [1.82, 2.24) is 20.3 Å². The lowest BCUT2D eigenvalue weighted by Gasteiger charge is -1.88. The molecule has 3 rings (SSSR count). The van der Waals surface area contributed by atoms with E-state index >= 15 is 0 Å². The van der Waals surface area contributed by atoms with E-state index < -0.39 is 0 Å². The van der Waals surface area contributed by atoms with Crippen molar-refractivity contribution >= 4 is 0 Å². The summed E-state index contributed by atoms with van der Waals surface area (Å²) in [6.07, 6.45) is 3.11. The second-order valence-corrected chi connectivity index (χ2v) is 3.02. The molecule has 0 fully saturated rings. The maximum atomic E-state index is 5.04. The molecular formula is C10H6N4O2. The van der Waals surface area contributed by atoms with E-state index in [1.165, 1.54) is 6.26 Å². The highest BCUT2D eigenvalue weighted by Gasteiger charge is 2.12. The number of aromatic nitrogens is 4. The molecule has 0 unspecified atom stereocenters. The van der Waals surface area contributed by atoms with E-state index in [-0.39, 0.29) is 0 Å². The van der Waals surface area contributed by atoms with E-state index in [1.807, 2.05) is 12.1 Å². The SMILES string of the molecule is c1ccc(-c2noc(-c3ccon3)n2)nc1. The lowest BCUT2D eigenvalue weighted by Crippen LogP contribution is -1.84. The molecule has 0 N–H and O–H groups in total. The highest BCUT2D eigenvalue weighted by molar-refractivity contribution is 5.53. The minimum atomic E-state index is 0.314. The monoisotopic (exact) mass is 214 g/mol. The van der Waals surface area contributed by atoms with Crippen molar-refractivity contribution in [3.8, 4) is 23.1 Å². The van der Waals surface area contributed by atoms with Gasteiger partial charge in [0.05, 0.1) is 0 Å². The maximum absolute atomic E-state index is 5.04. The van der Waals surface area contributed by atoms with Gasteiger partial charge in [0.2, 0.25) is 5.82 Å². The fourth-order valence-electron chi connectivity index (χ4n) is 1.25. The lowest BCUT2D eigenvalue weighted by atomic mass is 10.3. The van der Waals surface area contributed by atoms with Crippen molar-refractivity contribution in [3.63, 3.8) is 0 Å². The number of nitrogens with zero attached hydrogens (tertiary/aromatic N) is 4. The Labute approximate surface area is 89.9 Å². The standard InChI is InChI=1S/C10H6N4O2/c1-2-5-11-7(3-1)9-12-10(16-14-9)8-4-6-15-13-8/h1-6H. The van der Waals surface area contributed by atoms with Crippen LogP contribution in [0.15, 0.2) is 45.8 Å². The fourth-order valence-corrected chi connectivity index (χ4v) is 1.25. The molecule has 0 saturated carbocycles. The van der Waals surface area contributed by atoms with Crippen LogP contribution in [0.4, 0.5) is 0 Å². The maximum Gasteiger partial charge on any atom is 0.280 e. The summed E-state index contributed by atoms with van der Waals surface area (Å²) >= 11 is 0. The summed E-state index contributed by atoms with van der Waals surface area (Å²) in [7, 11) is 0. The van der Waals surface area contributed by atoms with E-state index in [2.05, 4.69) is 20.3 Å². The Balaban J connectivity index is 2.00. The largest absolute Gasteiger partial charge is 0.364 e. The number of hydrogen-bond acceptors (Lipinski definition) is 6. The summed E-state index contributed by atoms with van der Waals surface area (Å²) < 4.78 is 9.73. The summed E-state index contributed by atoms with van der Waals surface area (Å²) in [5, 5.41) is 7.51. The molecule has 3 aromatic heterocycles. The molecule has 0 radical (unpaired) electrons. The summed E-state index contributed by atoms with van der Waals surface area (Å²) in [6.45, 7) is 0. The smallest absolute Gasteiger partial charge is 0.280 e. The molecule has 78 valence electrons. The molecule has 0 bridgehead atoms. The van der Waals surface area contributed by atoms with Gasteiger partial charge in [0.1, 0.15) is 12.0 Å². The number of hydrogen-bond donors (Lipinski definition) is 0. The Hall–Kier alpha value is -2.50. The van der Waals surface area contributed by atoms with Crippen molar-refractivity contribution in [2.24, 2.45) is 0 Å². The van der Waals surface area contributed by atoms with Crippen LogP contribution >= 0.6 is 0 Å². The molecule has 6 nitrogen and oxygen atoms in total. The Morgan fingerprint density at radius 1 is 1.00 bits per heavy atom. The predicted octanol–water partition coefficient (Wildman–Crippen LogP) is 1.79. The van der Waals surface area contributed by atoms with Crippen LogP contribution in [0.2, 0.25) is 0 Å². The highest BCUT2D eigenvalue weighted by Crippen LogP contribution is 2.18. The molecule has 0 amide bonds. The first kappa shape index (κ1) is 8.78. The van der Waals surface area contributed by atoms with Crippen LogP contribution in [0.1, 0.15) is 0 Å². The number of pyridine rings is 1. The van der Waals surface area contributed by atoms with Crippen LogP contribution in [0, 0.1) is 0 Å². The molecule has 0 aromatic carbocycles. The molecular weight excluding hydrogens is 208 g/mol. The Morgan fingerprint density at radius 2 is 2.00 bits per heavy atom. The lowest BCUT2D eigenvalue weighted by molar-refractivity contribution is 0.405. The first-order chi connectivity index (χ1) is 7.93. The summed E-state index contributed by atoms with van der Waals surface area (Å²) in [4.78, 5) is 8.27. The first-order valence-electron chi connectivity index (χ1n) is 4.59. The molecule has 0 aliphatic heterocycles. The quantitative estimate of drug-likeness (QED) is 0.647. The van der Waals surface area contributed by atoms with Crippen molar-refractivity contribution in [3.05, 3.63) is 36.7 Å². The molecule has 0 aliphatic carbocycles. The van der Waals surface area contributed by atoms with Crippen LogP contribution in [0.5, 0.6) is 0 Å². The normalized spacial score (nSPS) is 10.5. The van der Waals surface area contributed by atoms with Gasteiger partial charge in [0.25, 0.3) is 5.89 Å². The van der Waals surface area contributed by atoms with Crippen molar-refractivity contribution in [2.75, 3.05) is 0 Å². The molecule has 0 saturated heterocycles. The van der Waals surface area contributed by atoms with E-state index in [9.17, 15) is 0 Å². The zero-order valence-electron chi connectivity index (χ0n) is 8.07. The van der Waals surface area contributed by atoms with Gasteiger partial charge >= 0.3 is 0 Å². The van der Waals surface area contributed by atoms with Crippen LogP contribution < -0.4 is 0 Å². The minimum Gasteiger partial charge on any atom is -0.364 e. The third kappa shape index (κ3) is 1.46.